The Kier molecular flexibility index (Phi) is 5.87. The van der Waals surface area contributed by atoms with E-state index >= 15 is 0 Å². The Balaban J connectivity index is 1.83. The van der Waals surface area contributed by atoms with Crippen molar-refractivity contribution in [3.63, 3.8) is 0 Å². The molecule has 0 aromatic heterocycles. The zero-order valence-corrected chi connectivity index (χ0v) is 12.7. The summed E-state index contributed by atoms with van der Waals surface area (Å²) in [6.07, 6.45) is -3.11. The first-order chi connectivity index (χ1) is 10.9. The van der Waals surface area contributed by atoms with Crippen LogP contribution in [0.4, 0.5) is 18.0 Å². The molecule has 7 heteroatoms. The van der Waals surface area contributed by atoms with Gasteiger partial charge in [-0.15, -0.1) is 0 Å². The number of carbonyl (C=O) groups excluding carboxylic acids is 1. The first-order valence-electron chi connectivity index (χ1n) is 7.69. The van der Waals surface area contributed by atoms with Gasteiger partial charge in [0.05, 0.1) is 12.5 Å². The fraction of sp³-hybridized carbons (Fsp3) is 0.562. The van der Waals surface area contributed by atoms with Gasteiger partial charge in [-0.25, -0.2) is 4.79 Å². The lowest BCUT2D eigenvalue weighted by Crippen LogP contribution is -2.45. The predicted molar refractivity (Wildman–Crippen MR) is 79.5 cm³/mol. The summed E-state index contributed by atoms with van der Waals surface area (Å²) in [7, 11) is 0. The fourth-order valence-electron chi connectivity index (χ4n) is 2.91. The zero-order chi connectivity index (χ0) is 16.9. The molecule has 1 aliphatic rings. The molecule has 0 saturated heterocycles. The van der Waals surface area contributed by atoms with Gasteiger partial charge in [0.2, 0.25) is 0 Å². The van der Waals surface area contributed by atoms with Crippen molar-refractivity contribution < 1.29 is 23.1 Å². The van der Waals surface area contributed by atoms with Gasteiger partial charge in [0.15, 0.2) is 0 Å². The van der Waals surface area contributed by atoms with Gasteiger partial charge in [-0.1, -0.05) is 30.7 Å². The largest absolute Gasteiger partial charge is 0.392 e. The van der Waals surface area contributed by atoms with E-state index in [0.29, 0.717) is 18.4 Å². The molecule has 1 saturated carbocycles. The molecule has 1 aliphatic carbocycles. The number of halogens is 3. The summed E-state index contributed by atoms with van der Waals surface area (Å²) in [5.41, 5.74) is 1.49. The van der Waals surface area contributed by atoms with Gasteiger partial charge in [-0.05, 0) is 30.4 Å². The smallest absolute Gasteiger partial charge is 0.391 e. The zero-order valence-electron chi connectivity index (χ0n) is 12.7. The summed E-state index contributed by atoms with van der Waals surface area (Å²) in [5, 5.41) is 14.5. The van der Waals surface area contributed by atoms with Crippen molar-refractivity contribution in [2.75, 3.05) is 0 Å². The quantitative estimate of drug-likeness (QED) is 0.794. The lowest BCUT2D eigenvalue weighted by Gasteiger charge is -2.31. The number of amides is 2. The van der Waals surface area contributed by atoms with Crippen LogP contribution < -0.4 is 10.6 Å². The predicted octanol–water partition coefficient (Wildman–Crippen LogP) is 3.10. The van der Waals surface area contributed by atoms with Gasteiger partial charge in [0.25, 0.3) is 0 Å². The van der Waals surface area contributed by atoms with E-state index in [4.69, 9.17) is 0 Å². The van der Waals surface area contributed by atoms with Crippen LogP contribution in [0.25, 0.3) is 0 Å². The number of carbonyl (C=O) groups is 1. The highest BCUT2D eigenvalue weighted by atomic mass is 19.4. The van der Waals surface area contributed by atoms with E-state index in [9.17, 15) is 23.1 Å². The van der Waals surface area contributed by atoms with E-state index in [1.165, 1.54) is 0 Å². The minimum absolute atomic E-state index is 0.0653. The van der Waals surface area contributed by atoms with Crippen molar-refractivity contribution >= 4 is 6.03 Å². The summed E-state index contributed by atoms with van der Waals surface area (Å²) in [4.78, 5) is 11.9. The Bertz CT molecular complexity index is 534. The second-order valence-corrected chi connectivity index (χ2v) is 5.86. The monoisotopic (exact) mass is 330 g/mol. The summed E-state index contributed by atoms with van der Waals surface area (Å²) in [6.45, 7) is 0.0906. The molecule has 3 N–H and O–H groups in total. The number of aliphatic hydroxyl groups excluding tert-OH is 1. The number of alkyl halides is 3. The number of urea groups is 1. The van der Waals surface area contributed by atoms with E-state index in [-0.39, 0.29) is 26.0 Å². The number of benzene rings is 1. The van der Waals surface area contributed by atoms with Crippen molar-refractivity contribution in [1.29, 1.82) is 0 Å². The van der Waals surface area contributed by atoms with Crippen LogP contribution in [0.1, 0.15) is 36.8 Å². The number of rotatable bonds is 4. The van der Waals surface area contributed by atoms with E-state index in [0.717, 1.165) is 5.56 Å². The Labute approximate surface area is 133 Å². The molecule has 4 nitrogen and oxygen atoms in total. The molecule has 23 heavy (non-hydrogen) atoms. The summed E-state index contributed by atoms with van der Waals surface area (Å²) in [5.74, 6) is -1.34. The minimum Gasteiger partial charge on any atom is -0.392 e. The third kappa shape index (κ3) is 5.13. The van der Waals surface area contributed by atoms with E-state index in [2.05, 4.69) is 10.6 Å². The van der Waals surface area contributed by atoms with Crippen LogP contribution in [0.5, 0.6) is 0 Å². The summed E-state index contributed by atoms with van der Waals surface area (Å²) in [6, 6.07) is 6.18. The highest BCUT2D eigenvalue weighted by Crippen LogP contribution is 2.37. The van der Waals surface area contributed by atoms with Gasteiger partial charge < -0.3 is 15.7 Å². The van der Waals surface area contributed by atoms with Crippen LogP contribution in [0.3, 0.4) is 0 Å². The second-order valence-electron chi connectivity index (χ2n) is 5.86. The molecule has 2 atom stereocenters. The molecular weight excluding hydrogens is 309 g/mol. The third-order valence-corrected chi connectivity index (χ3v) is 4.20. The Morgan fingerprint density at radius 1 is 1.22 bits per heavy atom. The van der Waals surface area contributed by atoms with Crippen molar-refractivity contribution in [3.05, 3.63) is 35.4 Å². The van der Waals surface area contributed by atoms with Gasteiger partial charge in [0, 0.05) is 12.6 Å². The molecule has 0 radical (unpaired) electrons. The highest BCUT2D eigenvalue weighted by molar-refractivity contribution is 5.74. The van der Waals surface area contributed by atoms with Crippen molar-refractivity contribution in [2.45, 2.75) is 51.1 Å². The molecule has 0 heterocycles. The van der Waals surface area contributed by atoms with Crippen LogP contribution >= 0.6 is 0 Å². The van der Waals surface area contributed by atoms with Crippen LogP contribution in [-0.2, 0) is 13.2 Å². The Morgan fingerprint density at radius 3 is 2.57 bits per heavy atom. The Hall–Kier alpha value is -1.76. The van der Waals surface area contributed by atoms with E-state index in [1.54, 1.807) is 24.3 Å². The number of nitrogens with one attached hydrogen (secondary N) is 2. The molecule has 0 bridgehead atoms. The summed E-state index contributed by atoms with van der Waals surface area (Å²) >= 11 is 0. The first-order valence-corrected chi connectivity index (χ1v) is 7.69. The fourth-order valence-corrected chi connectivity index (χ4v) is 2.91. The average molecular weight is 330 g/mol. The molecule has 2 amide bonds. The molecular formula is C16H21F3N2O2. The SMILES string of the molecule is O=C(NCc1ccccc1CO)NC1CCCC(C(F)(F)F)C1. The molecule has 2 unspecified atom stereocenters. The number of hydrogen-bond donors (Lipinski definition) is 3. The highest BCUT2D eigenvalue weighted by Gasteiger charge is 2.42. The van der Waals surface area contributed by atoms with E-state index in [1.807, 2.05) is 0 Å². The van der Waals surface area contributed by atoms with Crippen molar-refractivity contribution in [2.24, 2.45) is 5.92 Å². The Morgan fingerprint density at radius 2 is 1.91 bits per heavy atom. The molecule has 2 rings (SSSR count). The lowest BCUT2D eigenvalue weighted by atomic mass is 9.85. The second kappa shape index (κ2) is 7.68. The first kappa shape index (κ1) is 17.6. The standard InChI is InChI=1S/C16H21F3N2O2/c17-16(18,19)13-6-3-7-14(8-13)21-15(23)20-9-11-4-1-2-5-12(11)10-22/h1-2,4-5,13-14,22H,3,6-10H2,(H2,20,21,23). The average Bonchev–Trinajstić information content (AvgIpc) is 2.52. The summed E-state index contributed by atoms with van der Waals surface area (Å²) < 4.78 is 38.3. The van der Waals surface area contributed by atoms with Crippen LogP contribution in [-0.4, -0.2) is 23.4 Å². The third-order valence-electron chi connectivity index (χ3n) is 4.20. The normalized spacial score (nSPS) is 21.7. The number of hydrogen-bond acceptors (Lipinski definition) is 2. The van der Waals surface area contributed by atoms with Crippen molar-refractivity contribution in [3.8, 4) is 0 Å². The topological polar surface area (TPSA) is 61.4 Å². The van der Waals surface area contributed by atoms with Gasteiger partial charge in [-0.3, -0.25) is 0 Å². The van der Waals surface area contributed by atoms with Crippen LogP contribution in [0, 0.1) is 5.92 Å². The maximum atomic E-state index is 12.8. The van der Waals surface area contributed by atoms with Crippen LogP contribution in [0.2, 0.25) is 0 Å². The maximum absolute atomic E-state index is 12.8. The van der Waals surface area contributed by atoms with Crippen molar-refractivity contribution in [1.82, 2.24) is 10.6 Å². The molecule has 1 fully saturated rings. The maximum Gasteiger partial charge on any atom is 0.391 e. The van der Waals surface area contributed by atoms with Gasteiger partial charge in [0.1, 0.15) is 0 Å². The molecule has 1 aromatic carbocycles. The van der Waals surface area contributed by atoms with Gasteiger partial charge in [-0.2, -0.15) is 13.2 Å². The van der Waals surface area contributed by atoms with Gasteiger partial charge >= 0.3 is 12.2 Å². The lowest BCUT2D eigenvalue weighted by molar-refractivity contribution is -0.183. The molecule has 128 valence electrons. The minimum atomic E-state index is -4.20. The molecule has 1 aromatic rings. The molecule has 0 aliphatic heterocycles. The molecule has 0 spiro atoms. The number of aliphatic hydroxyl groups is 1. The van der Waals surface area contributed by atoms with Crippen LogP contribution in [0.15, 0.2) is 24.3 Å². The van der Waals surface area contributed by atoms with E-state index < -0.39 is 24.2 Å².